The van der Waals surface area contributed by atoms with Crippen LogP contribution in [0.25, 0.3) is 0 Å². The SMILES string of the molecule is CC(=O)Nc1ccc(SCC(=O)N2CCC2)cc1. The molecule has 0 bridgehead atoms. The summed E-state index contributed by atoms with van der Waals surface area (Å²) >= 11 is 1.53. The molecule has 96 valence electrons. The third kappa shape index (κ3) is 3.50. The Morgan fingerprint density at radius 2 is 1.94 bits per heavy atom. The zero-order chi connectivity index (χ0) is 13.0. The minimum absolute atomic E-state index is 0.0802. The number of hydrogen-bond donors (Lipinski definition) is 1. The molecule has 1 heterocycles. The van der Waals surface area contributed by atoms with Crippen molar-refractivity contribution in [1.82, 2.24) is 4.90 Å². The Hall–Kier alpha value is -1.49. The monoisotopic (exact) mass is 264 g/mol. The highest BCUT2D eigenvalue weighted by atomic mass is 32.2. The van der Waals surface area contributed by atoms with Crippen molar-refractivity contribution in [1.29, 1.82) is 0 Å². The Bertz CT molecular complexity index is 441. The number of amides is 2. The van der Waals surface area contributed by atoms with Gasteiger partial charge in [0.05, 0.1) is 5.75 Å². The molecule has 0 radical (unpaired) electrons. The average molecular weight is 264 g/mol. The predicted molar refractivity (Wildman–Crippen MR) is 72.7 cm³/mol. The highest BCUT2D eigenvalue weighted by Gasteiger charge is 2.19. The molecule has 1 N–H and O–H groups in total. The first-order chi connectivity index (χ1) is 8.65. The van der Waals surface area contributed by atoms with Crippen LogP contribution >= 0.6 is 11.8 Å². The van der Waals surface area contributed by atoms with Crippen LogP contribution in [0.15, 0.2) is 29.2 Å². The number of hydrogen-bond acceptors (Lipinski definition) is 3. The molecule has 0 atom stereocenters. The smallest absolute Gasteiger partial charge is 0.232 e. The van der Waals surface area contributed by atoms with E-state index in [2.05, 4.69) is 5.32 Å². The first-order valence-corrected chi connectivity index (χ1v) is 6.92. The molecule has 1 fully saturated rings. The average Bonchev–Trinajstić information content (AvgIpc) is 2.25. The summed E-state index contributed by atoms with van der Waals surface area (Å²) in [6.45, 7) is 3.29. The van der Waals surface area contributed by atoms with Gasteiger partial charge >= 0.3 is 0 Å². The number of likely N-dealkylation sites (tertiary alicyclic amines) is 1. The zero-order valence-corrected chi connectivity index (χ0v) is 11.1. The molecule has 18 heavy (non-hydrogen) atoms. The summed E-state index contributed by atoms with van der Waals surface area (Å²) < 4.78 is 0. The third-order valence-electron chi connectivity index (χ3n) is 2.75. The van der Waals surface area contributed by atoms with E-state index in [9.17, 15) is 9.59 Å². The van der Waals surface area contributed by atoms with Gasteiger partial charge in [0, 0.05) is 30.6 Å². The molecule has 1 aliphatic heterocycles. The molecule has 4 nitrogen and oxygen atoms in total. The third-order valence-corrected chi connectivity index (χ3v) is 3.74. The zero-order valence-electron chi connectivity index (χ0n) is 10.3. The lowest BCUT2D eigenvalue weighted by Crippen LogP contribution is -2.42. The van der Waals surface area contributed by atoms with Crippen molar-refractivity contribution in [2.24, 2.45) is 0 Å². The van der Waals surface area contributed by atoms with Crippen LogP contribution in [0.5, 0.6) is 0 Å². The molecule has 0 aromatic heterocycles. The van der Waals surface area contributed by atoms with Gasteiger partial charge in [-0.2, -0.15) is 0 Å². The lowest BCUT2D eigenvalue weighted by atomic mass is 10.2. The number of anilines is 1. The largest absolute Gasteiger partial charge is 0.342 e. The number of carbonyl (C=O) groups is 2. The second-order valence-corrected chi connectivity index (χ2v) is 5.28. The maximum Gasteiger partial charge on any atom is 0.232 e. The lowest BCUT2D eigenvalue weighted by Gasteiger charge is -2.30. The van der Waals surface area contributed by atoms with E-state index in [1.54, 1.807) is 0 Å². The number of nitrogens with one attached hydrogen (secondary N) is 1. The van der Waals surface area contributed by atoms with Gasteiger partial charge in [-0.3, -0.25) is 9.59 Å². The van der Waals surface area contributed by atoms with Crippen molar-refractivity contribution in [2.75, 3.05) is 24.2 Å². The van der Waals surface area contributed by atoms with Gasteiger partial charge in [-0.1, -0.05) is 0 Å². The van der Waals surface area contributed by atoms with Crippen LogP contribution in [0.2, 0.25) is 0 Å². The van der Waals surface area contributed by atoms with Crippen LogP contribution in [-0.2, 0) is 9.59 Å². The highest BCUT2D eigenvalue weighted by Crippen LogP contribution is 2.21. The Morgan fingerprint density at radius 1 is 1.28 bits per heavy atom. The normalized spacial score (nSPS) is 13.9. The van der Waals surface area contributed by atoms with Crippen LogP contribution in [0.4, 0.5) is 5.69 Å². The summed E-state index contributed by atoms with van der Waals surface area (Å²) in [6.07, 6.45) is 1.13. The van der Waals surface area contributed by atoms with Crippen LogP contribution in [0.1, 0.15) is 13.3 Å². The quantitative estimate of drug-likeness (QED) is 0.846. The first-order valence-electron chi connectivity index (χ1n) is 5.93. The summed E-state index contributed by atoms with van der Waals surface area (Å²) in [4.78, 5) is 25.4. The molecular weight excluding hydrogens is 248 g/mol. The molecule has 2 amide bonds. The predicted octanol–water partition coefficient (Wildman–Crippen LogP) is 1.97. The summed E-state index contributed by atoms with van der Waals surface area (Å²) in [7, 11) is 0. The van der Waals surface area contributed by atoms with E-state index in [4.69, 9.17) is 0 Å². The molecule has 0 spiro atoms. The minimum Gasteiger partial charge on any atom is -0.342 e. The fourth-order valence-corrected chi connectivity index (χ4v) is 2.44. The van der Waals surface area contributed by atoms with Gasteiger partial charge in [0.1, 0.15) is 0 Å². The summed E-state index contributed by atoms with van der Waals surface area (Å²) in [5.41, 5.74) is 0.779. The standard InChI is InChI=1S/C13H16N2O2S/c1-10(16)14-11-3-5-12(6-4-11)18-9-13(17)15-7-2-8-15/h3-6H,2,7-9H2,1H3,(H,14,16). The van der Waals surface area contributed by atoms with Crippen molar-refractivity contribution in [3.8, 4) is 0 Å². The summed E-state index contributed by atoms with van der Waals surface area (Å²) in [5.74, 6) is 0.611. The van der Waals surface area contributed by atoms with Crippen LogP contribution in [-0.4, -0.2) is 35.6 Å². The Morgan fingerprint density at radius 3 is 2.44 bits per heavy atom. The summed E-state index contributed by atoms with van der Waals surface area (Å²) in [5, 5.41) is 2.71. The molecular formula is C13H16N2O2S. The number of benzene rings is 1. The molecule has 0 unspecified atom stereocenters. The lowest BCUT2D eigenvalue weighted by molar-refractivity contribution is -0.131. The fraction of sp³-hybridized carbons (Fsp3) is 0.385. The van der Waals surface area contributed by atoms with E-state index in [0.717, 1.165) is 30.1 Å². The molecule has 2 rings (SSSR count). The van der Waals surface area contributed by atoms with Gasteiger partial charge < -0.3 is 10.2 Å². The molecule has 1 aromatic rings. The van der Waals surface area contributed by atoms with E-state index < -0.39 is 0 Å². The maximum absolute atomic E-state index is 11.7. The topological polar surface area (TPSA) is 49.4 Å². The van der Waals surface area contributed by atoms with E-state index in [-0.39, 0.29) is 11.8 Å². The van der Waals surface area contributed by atoms with Crippen LogP contribution in [0.3, 0.4) is 0 Å². The van der Waals surface area contributed by atoms with Crippen LogP contribution < -0.4 is 5.32 Å². The van der Waals surface area contributed by atoms with E-state index >= 15 is 0 Å². The second-order valence-electron chi connectivity index (χ2n) is 4.23. The number of rotatable bonds is 4. The number of nitrogens with zero attached hydrogens (tertiary/aromatic N) is 1. The van der Waals surface area contributed by atoms with Crippen molar-refractivity contribution in [3.05, 3.63) is 24.3 Å². The molecule has 0 aliphatic carbocycles. The molecule has 0 saturated carbocycles. The van der Waals surface area contributed by atoms with Crippen molar-refractivity contribution < 1.29 is 9.59 Å². The highest BCUT2D eigenvalue weighted by molar-refractivity contribution is 8.00. The van der Waals surface area contributed by atoms with E-state index in [1.807, 2.05) is 29.2 Å². The fourth-order valence-electron chi connectivity index (χ4n) is 1.64. The van der Waals surface area contributed by atoms with Gasteiger partial charge in [-0.25, -0.2) is 0 Å². The van der Waals surface area contributed by atoms with Crippen molar-refractivity contribution in [3.63, 3.8) is 0 Å². The van der Waals surface area contributed by atoms with Gasteiger partial charge in [0.15, 0.2) is 0 Å². The molecule has 5 heteroatoms. The van der Waals surface area contributed by atoms with Crippen molar-refractivity contribution in [2.45, 2.75) is 18.2 Å². The van der Waals surface area contributed by atoms with Gasteiger partial charge in [0.25, 0.3) is 0 Å². The molecule has 1 aliphatic rings. The molecule has 1 aromatic carbocycles. The van der Waals surface area contributed by atoms with Crippen molar-refractivity contribution >= 4 is 29.3 Å². The van der Waals surface area contributed by atoms with Gasteiger partial charge in [0.2, 0.25) is 11.8 Å². The molecule has 1 saturated heterocycles. The first kappa shape index (κ1) is 13.0. The second kappa shape index (κ2) is 5.91. The Labute approximate surface area is 111 Å². The van der Waals surface area contributed by atoms with Crippen LogP contribution in [0, 0.1) is 0 Å². The van der Waals surface area contributed by atoms with Gasteiger partial charge in [-0.15, -0.1) is 11.8 Å². The Kier molecular flexibility index (Phi) is 4.25. The Balaban J connectivity index is 1.82. The van der Waals surface area contributed by atoms with Gasteiger partial charge in [-0.05, 0) is 30.7 Å². The maximum atomic E-state index is 11.7. The number of carbonyl (C=O) groups excluding carboxylic acids is 2. The van der Waals surface area contributed by atoms with E-state index in [0.29, 0.717) is 5.75 Å². The summed E-state index contributed by atoms with van der Waals surface area (Å²) in [6, 6.07) is 7.52. The number of thioether (sulfide) groups is 1. The van der Waals surface area contributed by atoms with E-state index in [1.165, 1.54) is 18.7 Å². The minimum atomic E-state index is -0.0802.